The summed E-state index contributed by atoms with van der Waals surface area (Å²) in [5, 5.41) is 0. The Balaban J connectivity index is 1.69. The van der Waals surface area contributed by atoms with Gasteiger partial charge in [0.05, 0.1) is 6.54 Å². The van der Waals surface area contributed by atoms with Gasteiger partial charge in [-0.05, 0) is 75.3 Å². The lowest BCUT2D eigenvalue weighted by atomic mass is 10.1. The van der Waals surface area contributed by atoms with Gasteiger partial charge in [-0.25, -0.2) is 4.39 Å². The number of likely N-dealkylation sites (N-methyl/N-ethyl adjacent to an activating group) is 1. The minimum Gasteiger partial charge on any atom is -0.318 e. The maximum absolute atomic E-state index is 13.2. The highest BCUT2D eigenvalue weighted by Crippen LogP contribution is 2.21. The van der Waals surface area contributed by atoms with Crippen molar-refractivity contribution >= 4 is 5.78 Å². The van der Waals surface area contributed by atoms with Gasteiger partial charge in [0.2, 0.25) is 0 Å². The lowest BCUT2D eigenvalue weighted by molar-refractivity contribution is 0.0946. The molecule has 0 saturated heterocycles. The molecule has 3 aromatic rings. The number of halogens is 1. The third-order valence-electron chi connectivity index (χ3n) is 4.76. The van der Waals surface area contributed by atoms with E-state index in [9.17, 15) is 9.18 Å². The largest absolute Gasteiger partial charge is 0.318 e. The lowest BCUT2D eigenvalue weighted by Gasteiger charge is -2.16. The van der Waals surface area contributed by atoms with Gasteiger partial charge in [-0.15, -0.1) is 0 Å². The van der Waals surface area contributed by atoms with E-state index in [1.807, 2.05) is 48.6 Å². The maximum Gasteiger partial charge on any atom is 0.178 e. The molecule has 0 atom stereocenters. The number of aromatic nitrogens is 2. The van der Waals surface area contributed by atoms with Crippen LogP contribution in [0.5, 0.6) is 0 Å². The van der Waals surface area contributed by atoms with E-state index < -0.39 is 0 Å². The Morgan fingerprint density at radius 1 is 1.11 bits per heavy atom. The number of ketones is 1. The van der Waals surface area contributed by atoms with Gasteiger partial charge in [-0.3, -0.25) is 14.7 Å². The molecule has 0 unspecified atom stereocenters. The molecule has 0 bridgehead atoms. The summed E-state index contributed by atoms with van der Waals surface area (Å²) in [6, 6.07) is 12.2. The molecule has 2 aromatic heterocycles. The van der Waals surface area contributed by atoms with Crippen LogP contribution in [0.15, 0.2) is 54.9 Å². The van der Waals surface area contributed by atoms with E-state index in [4.69, 9.17) is 0 Å². The number of pyridine rings is 1. The fraction of sp³-hybridized carbons (Fsp3) is 0.273. The van der Waals surface area contributed by atoms with Gasteiger partial charge in [0, 0.05) is 41.6 Å². The van der Waals surface area contributed by atoms with Crippen LogP contribution in [-0.2, 0) is 6.42 Å². The number of Topliss-reactive ketones (excluding diaryl/α,β-unsaturated/α-hetero) is 1. The summed E-state index contributed by atoms with van der Waals surface area (Å²) in [6.45, 7) is 5.05. The van der Waals surface area contributed by atoms with E-state index in [0.717, 1.165) is 30.0 Å². The quantitative estimate of drug-likeness (QED) is 0.594. The smallest absolute Gasteiger partial charge is 0.178 e. The van der Waals surface area contributed by atoms with Gasteiger partial charge >= 0.3 is 0 Å². The average Bonchev–Trinajstić information content (AvgIpc) is 2.96. The monoisotopic (exact) mass is 365 g/mol. The molecule has 0 spiro atoms. The molecule has 27 heavy (non-hydrogen) atoms. The zero-order valence-corrected chi connectivity index (χ0v) is 15.9. The third kappa shape index (κ3) is 4.49. The molecule has 140 valence electrons. The Kier molecular flexibility index (Phi) is 5.81. The Labute approximate surface area is 159 Å². The van der Waals surface area contributed by atoms with Crippen molar-refractivity contribution in [1.82, 2.24) is 14.5 Å². The number of rotatable bonds is 7. The van der Waals surface area contributed by atoms with Crippen LogP contribution in [0.1, 0.15) is 27.3 Å². The second-order valence-corrected chi connectivity index (χ2v) is 6.86. The molecule has 0 radical (unpaired) electrons. The summed E-state index contributed by atoms with van der Waals surface area (Å²) in [7, 11) is 1.96. The highest BCUT2D eigenvalue weighted by molar-refractivity contribution is 5.99. The first-order valence-electron chi connectivity index (χ1n) is 9.01. The van der Waals surface area contributed by atoms with Crippen LogP contribution >= 0.6 is 0 Å². The van der Waals surface area contributed by atoms with E-state index in [-0.39, 0.29) is 11.6 Å². The topological polar surface area (TPSA) is 38.1 Å². The minimum atomic E-state index is -0.270. The Bertz CT molecular complexity index is 917. The number of benzene rings is 1. The molecule has 0 saturated carbocycles. The van der Waals surface area contributed by atoms with E-state index in [1.165, 1.54) is 17.7 Å². The van der Waals surface area contributed by atoms with Gasteiger partial charge in [0.25, 0.3) is 0 Å². The molecule has 0 aliphatic rings. The van der Waals surface area contributed by atoms with Gasteiger partial charge in [0.15, 0.2) is 5.78 Å². The number of hydrogen-bond donors (Lipinski definition) is 0. The molecule has 0 fully saturated rings. The van der Waals surface area contributed by atoms with Crippen molar-refractivity contribution in [2.24, 2.45) is 0 Å². The molecule has 5 heteroatoms. The van der Waals surface area contributed by atoms with Crippen molar-refractivity contribution in [3.63, 3.8) is 0 Å². The van der Waals surface area contributed by atoms with E-state index in [2.05, 4.69) is 4.98 Å². The molecular formula is C22H24FN3O. The predicted octanol–water partition coefficient (Wildman–Crippen LogP) is 3.99. The molecule has 0 aliphatic carbocycles. The predicted molar refractivity (Wildman–Crippen MR) is 105 cm³/mol. The molecule has 0 N–H and O–H groups in total. The fourth-order valence-electron chi connectivity index (χ4n) is 3.31. The highest BCUT2D eigenvalue weighted by atomic mass is 19.1. The van der Waals surface area contributed by atoms with Crippen molar-refractivity contribution in [2.45, 2.75) is 20.3 Å². The molecule has 0 aliphatic heterocycles. The molecule has 1 aromatic carbocycles. The van der Waals surface area contributed by atoms with Crippen LogP contribution in [0.2, 0.25) is 0 Å². The first kappa shape index (κ1) is 19.0. The normalized spacial score (nSPS) is 11.1. The Morgan fingerprint density at radius 3 is 2.44 bits per heavy atom. The van der Waals surface area contributed by atoms with E-state index in [1.54, 1.807) is 24.5 Å². The van der Waals surface area contributed by atoms with Crippen LogP contribution in [0.3, 0.4) is 0 Å². The second-order valence-electron chi connectivity index (χ2n) is 6.86. The van der Waals surface area contributed by atoms with Gasteiger partial charge in [0.1, 0.15) is 5.82 Å². The summed E-state index contributed by atoms with van der Waals surface area (Å²) in [6.07, 6.45) is 4.44. The SMILES string of the molecule is Cc1cc(C(=O)CN(C)CCc2ccncc2)c(C)n1-c1ccc(F)cc1. The van der Waals surface area contributed by atoms with Crippen molar-refractivity contribution in [1.29, 1.82) is 0 Å². The van der Waals surface area contributed by atoms with Gasteiger partial charge < -0.3 is 4.57 Å². The Hall–Kier alpha value is -2.79. The number of carbonyl (C=O) groups excluding carboxylic acids is 1. The molecule has 3 rings (SSSR count). The number of aryl methyl sites for hydroxylation is 1. The van der Waals surface area contributed by atoms with Crippen LogP contribution in [0.25, 0.3) is 5.69 Å². The van der Waals surface area contributed by atoms with Crippen molar-refractivity contribution in [2.75, 3.05) is 20.1 Å². The highest BCUT2D eigenvalue weighted by Gasteiger charge is 2.18. The molecule has 4 nitrogen and oxygen atoms in total. The fourth-order valence-corrected chi connectivity index (χ4v) is 3.31. The zero-order chi connectivity index (χ0) is 19.4. The maximum atomic E-state index is 13.2. The summed E-state index contributed by atoms with van der Waals surface area (Å²) >= 11 is 0. The number of carbonyl (C=O) groups is 1. The van der Waals surface area contributed by atoms with Crippen LogP contribution < -0.4 is 0 Å². The number of nitrogens with zero attached hydrogens (tertiary/aromatic N) is 3. The lowest BCUT2D eigenvalue weighted by Crippen LogP contribution is -2.28. The first-order chi connectivity index (χ1) is 13.0. The van der Waals surface area contributed by atoms with Crippen molar-refractivity contribution in [3.05, 3.63) is 83.2 Å². The van der Waals surface area contributed by atoms with Gasteiger partial charge in [-0.1, -0.05) is 0 Å². The molecular weight excluding hydrogens is 341 g/mol. The van der Waals surface area contributed by atoms with Crippen LogP contribution in [0.4, 0.5) is 4.39 Å². The first-order valence-corrected chi connectivity index (χ1v) is 9.01. The summed E-state index contributed by atoms with van der Waals surface area (Å²) < 4.78 is 15.2. The summed E-state index contributed by atoms with van der Waals surface area (Å²) in [5.74, 6) is -0.179. The van der Waals surface area contributed by atoms with Crippen molar-refractivity contribution in [3.8, 4) is 5.69 Å². The summed E-state index contributed by atoms with van der Waals surface area (Å²) in [5.41, 5.74) is 4.62. The van der Waals surface area contributed by atoms with Crippen LogP contribution in [-0.4, -0.2) is 40.4 Å². The Morgan fingerprint density at radius 2 is 1.78 bits per heavy atom. The second kappa shape index (κ2) is 8.27. The minimum absolute atomic E-state index is 0.0914. The van der Waals surface area contributed by atoms with E-state index in [0.29, 0.717) is 12.1 Å². The standard InChI is InChI=1S/C22H24FN3O/c1-16-14-21(17(2)26(16)20-6-4-19(23)5-7-20)22(27)15-25(3)13-10-18-8-11-24-12-9-18/h4-9,11-12,14H,10,13,15H2,1-3H3. The van der Waals surface area contributed by atoms with Gasteiger partial charge in [-0.2, -0.15) is 0 Å². The third-order valence-corrected chi connectivity index (χ3v) is 4.76. The van der Waals surface area contributed by atoms with Crippen molar-refractivity contribution < 1.29 is 9.18 Å². The van der Waals surface area contributed by atoms with E-state index >= 15 is 0 Å². The molecule has 0 amide bonds. The molecule has 2 heterocycles. The summed E-state index contributed by atoms with van der Waals surface area (Å²) in [4.78, 5) is 18.9. The van der Waals surface area contributed by atoms with Crippen LogP contribution in [0, 0.1) is 19.7 Å². The zero-order valence-electron chi connectivity index (χ0n) is 15.9. The average molecular weight is 365 g/mol. The number of hydrogen-bond acceptors (Lipinski definition) is 3.